The number of rotatable bonds is 7. The third kappa shape index (κ3) is 5.21. The van der Waals surface area contributed by atoms with Gasteiger partial charge in [0.1, 0.15) is 16.5 Å². The lowest BCUT2D eigenvalue weighted by Gasteiger charge is -2.13. The Hall–Kier alpha value is -2.64. The van der Waals surface area contributed by atoms with Crippen molar-refractivity contribution in [2.45, 2.75) is 19.9 Å². The molecule has 0 saturated heterocycles. The maximum atomic E-state index is 12.6. The maximum Gasteiger partial charge on any atom is 0.258 e. The molecule has 2 aromatic carbocycles. The fraction of sp³-hybridized carbons (Fsp3) is 0.263. The molecular formula is C19H19Cl2N3O4. The summed E-state index contributed by atoms with van der Waals surface area (Å²) in [6.07, 6.45) is 0. The van der Waals surface area contributed by atoms with E-state index in [0.717, 1.165) is 5.56 Å². The number of carbonyl (C=O) groups is 2. The summed E-state index contributed by atoms with van der Waals surface area (Å²) < 4.78 is 10.3. The molecule has 28 heavy (non-hydrogen) atoms. The molecule has 7 nitrogen and oxygen atoms in total. The lowest BCUT2D eigenvalue weighted by Crippen LogP contribution is -2.31. The van der Waals surface area contributed by atoms with Gasteiger partial charge in [0.05, 0.1) is 19.9 Å². The second-order valence-electron chi connectivity index (χ2n) is 5.84. The third-order valence-electron chi connectivity index (χ3n) is 3.79. The number of benzene rings is 2. The van der Waals surface area contributed by atoms with Gasteiger partial charge in [0.2, 0.25) is 6.04 Å². The van der Waals surface area contributed by atoms with Crippen molar-refractivity contribution in [3.8, 4) is 11.5 Å². The lowest BCUT2D eigenvalue weighted by atomic mass is 10.2. The van der Waals surface area contributed by atoms with E-state index in [1.165, 1.54) is 33.3 Å². The molecule has 1 amide bonds. The Bertz CT molecular complexity index is 906. The van der Waals surface area contributed by atoms with Crippen molar-refractivity contribution in [3.63, 3.8) is 0 Å². The van der Waals surface area contributed by atoms with Crippen molar-refractivity contribution in [1.82, 2.24) is 0 Å². The Balaban J connectivity index is 2.26. The van der Waals surface area contributed by atoms with Crippen LogP contribution >= 0.6 is 23.2 Å². The van der Waals surface area contributed by atoms with Crippen molar-refractivity contribution in [2.75, 3.05) is 19.5 Å². The van der Waals surface area contributed by atoms with Gasteiger partial charge in [-0.1, -0.05) is 23.2 Å². The van der Waals surface area contributed by atoms with Gasteiger partial charge in [-0.15, -0.1) is 0 Å². The number of anilines is 1. The van der Waals surface area contributed by atoms with E-state index >= 15 is 0 Å². The predicted molar refractivity (Wildman–Crippen MR) is 108 cm³/mol. The standard InChI is InChI=1S/C19H19Cl2N3O4/c1-10-7-12(20)5-6-14(10)23-24-18(11(2)25)19(26)22-13-8-15(27-3)17(21)16(9-13)28-4/h5-9,18H,1-4H3,(H,22,26). The Morgan fingerprint density at radius 3 is 2.18 bits per heavy atom. The van der Waals surface area contributed by atoms with Crippen LogP contribution in [0.4, 0.5) is 11.4 Å². The second kappa shape index (κ2) is 9.52. The average Bonchev–Trinajstić information content (AvgIpc) is 2.64. The van der Waals surface area contributed by atoms with Crippen molar-refractivity contribution in [1.29, 1.82) is 0 Å². The SMILES string of the molecule is COc1cc(NC(=O)C(N=Nc2ccc(Cl)cc2C)C(C)=O)cc(OC)c1Cl. The molecule has 1 N–H and O–H groups in total. The highest BCUT2D eigenvalue weighted by atomic mass is 35.5. The van der Waals surface area contributed by atoms with Gasteiger partial charge in [-0.3, -0.25) is 9.59 Å². The summed E-state index contributed by atoms with van der Waals surface area (Å²) in [7, 11) is 2.88. The smallest absolute Gasteiger partial charge is 0.258 e. The number of aryl methyl sites for hydroxylation is 1. The Labute approximate surface area is 172 Å². The quantitative estimate of drug-likeness (QED) is 0.501. The van der Waals surface area contributed by atoms with Crippen molar-refractivity contribution < 1.29 is 19.1 Å². The van der Waals surface area contributed by atoms with E-state index in [1.807, 2.05) is 0 Å². The summed E-state index contributed by atoms with van der Waals surface area (Å²) >= 11 is 12.0. The minimum atomic E-state index is -1.32. The normalized spacial score (nSPS) is 11.9. The summed E-state index contributed by atoms with van der Waals surface area (Å²) in [4.78, 5) is 24.5. The third-order valence-corrected chi connectivity index (χ3v) is 4.39. The number of carbonyl (C=O) groups excluding carboxylic acids is 2. The first kappa shape index (κ1) is 21.7. The van der Waals surface area contributed by atoms with Gasteiger partial charge < -0.3 is 14.8 Å². The zero-order chi connectivity index (χ0) is 20.8. The first-order chi connectivity index (χ1) is 13.3. The lowest BCUT2D eigenvalue weighted by molar-refractivity contribution is -0.126. The summed E-state index contributed by atoms with van der Waals surface area (Å²) in [5.74, 6) is -0.474. The maximum absolute atomic E-state index is 12.6. The molecule has 148 valence electrons. The second-order valence-corrected chi connectivity index (χ2v) is 6.66. The number of hydrogen-bond acceptors (Lipinski definition) is 6. The summed E-state index contributed by atoms with van der Waals surface area (Å²) in [6.45, 7) is 3.07. The molecular weight excluding hydrogens is 405 g/mol. The van der Waals surface area contributed by atoms with Crippen LogP contribution in [0.3, 0.4) is 0 Å². The molecule has 0 aliphatic heterocycles. The zero-order valence-corrected chi connectivity index (χ0v) is 17.3. The number of nitrogens with zero attached hydrogens (tertiary/aromatic N) is 2. The van der Waals surface area contributed by atoms with Gasteiger partial charge in [-0.2, -0.15) is 10.2 Å². The highest BCUT2D eigenvalue weighted by Crippen LogP contribution is 2.37. The molecule has 0 fully saturated rings. The molecule has 0 heterocycles. The van der Waals surface area contributed by atoms with Crippen LogP contribution in [0, 0.1) is 6.92 Å². The fourth-order valence-corrected chi connectivity index (χ4v) is 2.81. The molecule has 2 rings (SSSR count). The van der Waals surface area contributed by atoms with E-state index in [-0.39, 0.29) is 5.02 Å². The predicted octanol–water partition coefficient (Wildman–Crippen LogP) is 5.00. The number of azo groups is 1. The van der Waals surface area contributed by atoms with Crippen LogP contribution in [-0.4, -0.2) is 32.0 Å². The van der Waals surface area contributed by atoms with E-state index in [1.54, 1.807) is 25.1 Å². The summed E-state index contributed by atoms with van der Waals surface area (Å²) in [6, 6.07) is 6.73. The molecule has 0 radical (unpaired) electrons. The zero-order valence-electron chi connectivity index (χ0n) is 15.7. The van der Waals surface area contributed by atoms with Crippen LogP contribution in [0.5, 0.6) is 11.5 Å². The molecule has 0 aliphatic rings. The highest BCUT2D eigenvalue weighted by Gasteiger charge is 2.24. The van der Waals surface area contributed by atoms with Gasteiger partial charge in [0.25, 0.3) is 5.91 Å². The minimum Gasteiger partial charge on any atom is -0.495 e. The van der Waals surface area contributed by atoms with Crippen LogP contribution in [0.1, 0.15) is 12.5 Å². The summed E-state index contributed by atoms with van der Waals surface area (Å²) in [5, 5.41) is 11.4. The number of ketones is 1. The Morgan fingerprint density at radius 2 is 1.68 bits per heavy atom. The molecule has 0 bridgehead atoms. The minimum absolute atomic E-state index is 0.268. The Morgan fingerprint density at radius 1 is 1.07 bits per heavy atom. The first-order valence-electron chi connectivity index (χ1n) is 8.16. The molecule has 1 atom stereocenters. The summed E-state index contributed by atoms with van der Waals surface area (Å²) in [5.41, 5.74) is 1.62. The number of halogens is 2. The Kier molecular flexibility index (Phi) is 7.37. The van der Waals surface area contributed by atoms with Gasteiger partial charge in [0.15, 0.2) is 5.78 Å². The van der Waals surface area contributed by atoms with E-state index in [2.05, 4.69) is 15.5 Å². The topological polar surface area (TPSA) is 89.4 Å². The molecule has 1 unspecified atom stereocenters. The number of ether oxygens (including phenoxy) is 2. The van der Waals surface area contributed by atoms with E-state index < -0.39 is 17.7 Å². The van der Waals surface area contributed by atoms with Crippen LogP contribution in [-0.2, 0) is 9.59 Å². The van der Waals surface area contributed by atoms with Gasteiger partial charge in [0, 0.05) is 22.8 Å². The van der Waals surface area contributed by atoms with Gasteiger partial charge >= 0.3 is 0 Å². The molecule has 0 spiro atoms. The molecule has 9 heteroatoms. The number of Topliss-reactive ketones (excluding diaryl/α,β-unsaturated/α-hetero) is 1. The first-order valence-corrected chi connectivity index (χ1v) is 8.92. The van der Waals surface area contributed by atoms with Crippen molar-refractivity contribution in [3.05, 3.63) is 45.9 Å². The van der Waals surface area contributed by atoms with Crippen LogP contribution in [0.15, 0.2) is 40.6 Å². The number of nitrogens with one attached hydrogen (secondary N) is 1. The largest absolute Gasteiger partial charge is 0.495 e. The van der Waals surface area contributed by atoms with Crippen molar-refractivity contribution in [2.24, 2.45) is 10.2 Å². The van der Waals surface area contributed by atoms with Crippen LogP contribution in [0.2, 0.25) is 10.0 Å². The monoisotopic (exact) mass is 423 g/mol. The molecule has 0 aliphatic carbocycles. The molecule has 2 aromatic rings. The van der Waals surface area contributed by atoms with Gasteiger partial charge in [-0.25, -0.2) is 0 Å². The van der Waals surface area contributed by atoms with Crippen LogP contribution in [0.25, 0.3) is 0 Å². The average molecular weight is 424 g/mol. The fourth-order valence-electron chi connectivity index (χ4n) is 2.32. The highest BCUT2D eigenvalue weighted by molar-refractivity contribution is 6.33. The number of amides is 1. The van der Waals surface area contributed by atoms with Gasteiger partial charge in [-0.05, 0) is 37.6 Å². The van der Waals surface area contributed by atoms with E-state index in [4.69, 9.17) is 32.7 Å². The number of hydrogen-bond donors (Lipinski definition) is 1. The van der Waals surface area contributed by atoms with Crippen LogP contribution < -0.4 is 14.8 Å². The van der Waals surface area contributed by atoms with E-state index in [0.29, 0.717) is 27.9 Å². The van der Waals surface area contributed by atoms with E-state index in [9.17, 15) is 9.59 Å². The van der Waals surface area contributed by atoms with Crippen molar-refractivity contribution >= 4 is 46.3 Å². The molecule has 0 saturated carbocycles. The molecule has 0 aromatic heterocycles. The number of methoxy groups -OCH3 is 2.